The molecule has 0 amide bonds. The fourth-order valence-electron chi connectivity index (χ4n) is 1.24. The molecule has 4 nitrogen and oxygen atoms in total. The average Bonchev–Trinajstić information content (AvgIpc) is 2.25. The third kappa shape index (κ3) is 3.87. The number of nitrogen functional groups attached to an aromatic ring is 1. The first-order chi connectivity index (χ1) is 7.86. The van der Waals surface area contributed by atoms with E-state index in [0.717, 1.165) is 6.42 Å². The fraction of sp³-hybridized carbons (Fsp3) is 0.455. The van der Waals surface area contributed by atoms with Crippen LogP contribution in [0.25, 0.3) is 0 Å². The first kappa shape index (κ1) is 14.3. The number of rotatable bonds is 5. The molecule has 0 spiro atoms. The topological polar surface area (TPSA) is 72.2 Å². The van der Waals surface area contributed by atoms with E-state index in [-0.39, 0.29) is 10.6 Å². The summed E-state index contributed by atoms with van der Waals surface area (Å²) in [5.41, 5.74) is 5.80. The normalized spacial score (nSPS) is 13.6. The summed E-state index contributed by atoms with van der Waals surface area (Å²) in [6.45, 7) is 4.39. The first-order valence-corrected chi connectivity index (χ1v) is 7.27. The molecule has 0 fully saturated rings. The van der Waals surface area contributed by atoms with Crippen LogP contribution in [0.2, 0.25) is 5.02 Å². The quantitative estimate of drug-likeness (QED) is 0.810. The Labute approximate surface area is 107 Å². The second-order valence-corrected chi connectivity index (χ2v) is 6.22. The SMILES string of the molecule is CCC(C)CNS(=O)(=O)c1ccc(Cl)cc1N. The van der Waals surface area contributed by atoms with E-state index in [0.29, 0.717) is 17.5 Å². The highest BCUT2D eigenvalue weighted by Gasteiger charge is 2.17. The lowest BCUT2D eigenvalue weighted by atomic mass is 10.1. The highest BCUT2D eigenvalue weighted by Crippen LogP contribution is 2.22. The van der Waals surface area contributed by atoms with Gasteiger partial charge in [0.1, 0.15) is 4.90 Å². The Morgan fingerprint density at radius 3 is 2.65 bits per heavy atom. The summed E-state index contributed by atoms with van der Waals surface area (Å²) in [5.74, 6) is 0.290. The van der Waals surface area contributed by atoms with Crippen LogP contribution in [-0.4, -0.2) is 15.0 Å². The van der Waals surface area contributed by atoms with Crippen molar-refractivity contribution in [3.05, 3.63) is 23.2 Å². The maximum atomic E-state index is 12.0. The summed E-state index contributed by atoms with van der Waals surface area (Å²) in [6, 6.07) is 4.35. The van der Waals surface area contributed by atoms with E-state index >= 15 is 0 Å². The minimum Gasteiger partial charge on any atom is -0.398 e. The zero-order valence-electron chi connectivity index (χ0n) is 9.90. The van der Waals surface area contributed by atoms with Gasteiger partial charge in [-0.25, -0.2) is 13.1 Å². The zero-order valence-corrected chi connectivity index (χ0v) is 11.5. The molecule has 0 aliphatic rings. The van der Waals surface area contributed by atoms with Crippen molar-refractivity contribution in [3.8, 4) is 0 Å². The first-order valence-electron chi connectivity index (χ1n) is 5.41. The number of hydrogen-bond donors (Lipinski definition) is 2. The van der Waals surface area contributed by atoms with Gasteiger partial charge in [0.15, 0.2) is 0 Å². The maximum Gasteiger partial charge on any atom is 0.242 e. The highest BCUT2D eigenvalue weighted by atomic mass is 35.5. The summed E-state index contributed by atoms with van der Waals surface area (Å²) >= 11 is 5.72. The number of nitrogens with two attached hydrogens (primary N) is 1. The number of anilines is 1. The molecule has 96 valence electrons. The molecule has 17 heavy (non-hydrogen) atoms. The molecule has 0 aliphatic carbocycles. The van der Waals surface area contributed by atoms with Crippen molar-refractivity contribution in [2.24, 2.45) is 5.92 Å². The molecule has 1 rings (SSSR count). The molecule has 0 bridgehead atoms. The van der Waals surface area contributed by atoms with Crippen LogP contribution < -0.4 is 10.5 Å². The fourth-order valence-corrected chi connectivity index (χ4v) is 2.69. The van der Waals surface area contributed by atoms with Crippen molar-refractivity contribution in [3.63, 3.8) is 0 Å². The van der Waals surface area contributed by atoms with E-state index in [9.17, 15) is 8.42 Å². The third-order valence-corrected chi connectivity index (χ3v) is 4.31. The van der Waals surface area contributed by atoms with Gasteiger partial charge in [-0.05, 0) is 24.1 Å². The van der Waals surface area contributed by atoms with Gasteiger partial charge in [0.2, 0.25) is 10.0 Å². The summed E-state index contributed by atoms with van der Waals surface area (Å²) in [7, 11) is -3.55. The molecule has 0 radical (unpaired) electrons. The molecule has 3 N–H and O–H groups in total. The Kier molecular flexibility index (Phi) is 4.80. The third-order valence-electron chi connectivity index (χ3n) is 2.58. The Bertz CT molecular complexity index is 488. The lowest BCUT2D eigenvalue weighted by Crippen LogP contribution is -2.28. The van der Waals surface area contributed by atoms with Crippen molar-refractivity contribution in [2.75, 3.05) is 12.3 Å². The highest BCUT2D eigenvalue weighted by molar-refractivity contribution is 7.89. The second kappa shape index (κ2) is 5.71. The molecular formula is C11H17ClN2O2S. The molecule has 0 heterocycles. The van der Waals surface area contributed by atoms with E-state index in [4.69, 9.17) is 17.3 Å². The lowest BCUT2D eigenvalue weighted by Gasteiger charge is -2.12. The predicted octanol–water partition coefficient (Wildman–Crippen LogP) is 2.25. The molecule has 1 aromatic rings. The Hall–Kier alpha value is -0.780. The van der Waals surface area contributed by atoms with Crippen molar-refractivity contribution in [1.29, 1.82) is 0 Å². The maximum absolute atomic E-state index is 12.0. The van der Waals surface area contributed by atoms with Gasteiger partial charge in [-0.2, -0.15) is 0 Å². The van der Waals surface area contributed by atoms with Crippen LogP contribution in [0.4, 0.5) is 5.69 Å². The molecule has 1 unspecified atom stereocenters. The average molecular weight is 277 g/mol. The second-order valence-electron chi connectivity index (χ2n) is 4.05. The van der Waals surface area contributed by atoms with Crippen molar-refractivity contribution in [2.45, 2.75) is 25.2 Å². The number of benzene rings is 1. The van der Waals surface area contributed by atoms with E-state index in [1.54, 1.807) is 0 Å². The summed E-state index contributed by atoms with van der Waals surface area (Å²) in [5, 5.41) is 0.420. The van der Waals surface area contributed by atoms with Gasteiger partial charge in [0.05, 0.1) is 5.69 Å². The van der Waals surface area contributed by atoms with Gasteiger partial charge in [-0.1, -0.05) is 31.9 Å². The van der Waals surface area contributed by atoms with Crippen molar-refractivity contribution in [1.82, 2.24) is 4.72 Å². The van der Waals surface area contributed by atoms with Crippen LogP contribution in [0.1, 0.15) is 20.3 Å². The molecule has 0 saturated carbocycles. The Morgan fingerprint density at radius 2 is 2.12 bits per heavy atom. The van der Waals surface area contributed by atoms with Crippen molar-refractivity contribution < 1.29 is 8.42 Å². The number of hydrogen-bond acceptors (Lipinski definition) is 3. The summed E-state index contributed by atoms with van der Waals surface area (Å²) in [6.07, 6.45) is 0.915. The standard InChI is InChI=1S/C11H17ClN2O2S/c1-3-8(2)7-14-17(15,16)11-5-4-9(12)6-10(11)13/h4-6,8,14H,3,7,13H2,1-2H3. The monoisotopic (exact) mass is 276 g/mol. The molecule has 1 aromatic carbocycles. The summed E-state index contributed by atoms with van der Waals surface area (Å²) in [4.78, 5) is 0.0743. The van der Waals surface area contributed by atoms with E-state index in [1.165, 1.54) is 18.2 Å². The largest absolute Gasteiger partial charge is 0.398 e. The zero-order chi connectivity index (χ0) is 13.1. The minimum absolute atomic E-state index is 0.0743. The smallest absolute Gasteiger partial charge is 0.242 e. The van der Waals surface area contributed by atoms with E-state index < -0.39 is 10.0 Å². The van der Waals surface area contributed by atoms with Crippen LogP contribution in [0.15, 0.2) is 23.1 Å². The van der Waals surface area contributed by atoms with Gasteiger partial charge in [0.25, 0.3) is 0 Å². The number of nitrogens with one attached hydrogen (secondary N) is 1. The Balaban J connectivity index is 2.90. The van der Waals surface area contributed by atoms with Crippen LogP contribution >= 0.6 is 11.6 Å². The van der Waals surface area contributed by atoms with E-state index in [1.807, 2.05) is 13.8 Å². The molecule has 1 atom stereocenters. The minimum atomic E-state index is -3.55. The Morgan fingerprint density at radius 1 is 1.47 bits per heavy atom. The predicted molar refractivity (Wildman–Crippen MR) is 70.5 cm³/mol. The van der Waals surface area contributed by atoms with Gasteiger partial charge in [-0.15, -0.1) is 0 Å². The molecule has 6 heteroatoms. The number of halogens is 1. The van der Waals surface area contributed by atoms with Crippen LogP contribution in [0, 0.1) is 5.92 Å². The van der Waals surface area contributed by atoms with Crippen LogP contribution in [-0.2, 0) is 10.0 Å². The van der Waals surface area contributed by atoms with Gasteiger partial charge in [-0.3, -0.25) is 0 Å². The van der Waals surface area contributed by atoms with Gasteiger partial charge in [0, 0.05) is 11.6 Å². The van der Waals surface area contributed by atoms with Crippen LogP contribution in [0.5, 0.6) is 0 Å². The molecular weight excluding hydrogens is 260 g/mol. The molecule has 0 saturated heterocycles. The molecule has 0 aliphatic heterocycles. The van der Waals surface area contributed by atoms with Crippen molar-refractivity contribution >= 4 is 27.3 Å². The van der Waals surface area contributed by atoms with Gasteiger partial charge >= 0.3 is 0 Å². The van der Waals surface area contributed by atoms with Gasteiger partial charge < -0.3 is 5.73 Å². The van der Waals surface area contributed by atoms with Crippen LogP contribution in [0.3, 0.4) is 0 Å². The lowest BCUT2D eigenvalue weighted by molar-refractivity contribution is 0.528. The molecule has 0 aromatic heterocycles. The number of sulfonamides is 1. The summed E-state index contributed by atoms with van der Waals surface area (Å²) < 4.78 is 26.4. The van der Waals surface area contributed by atoms with E-state index in [2.05, 4.69) is 4.72 Å².